The predicted octanol–water partition coefficient (Wildman–Crippen LogP) is 2.52. The van der Waals surface area contributed by atoms with Crippen LogP contribution in [0, 0.1) is 5.92 Å². The van der Waals surface area contributed by atoms with Gasteiger partial charge in [0.15, 0.2) is 0 Å². The Kier molecular flexibility index (Phi) is 5.89. The standard InChI is InChI=1S/C20H30N4O2/c1-4-15(5-2)20(26)24-9-6-7-16(12-24)19-21-11-17-13-23(14(3)25)10-8-18(17)22-19/h11,15-16H,4-10,12-13H2,1-3H3/t16-/m1/s1. The number of carbonyl (C=O) groups is 2. The second kappa shape index (κ2) is 8.14. The number of rotatable bonds is 4. The minimum absolute atomic E-state index is 0.0996. The summed E-state index contributed by atoms with van der Waals surface area (Å²) >= 11 is 0. The van der Waals surface area contributed by atoms with Crippen LogP contribution in [0.3, 0.4) is 0 Å². The van der Waals surface area contributed by atoms with E-state index in [1.165, 1.54) is 0 Å². The first kappa shape index (κ1) is 18.8. The van der Waals surface area contributed by atoms with E-state index in [2.05, 4.69) is 18.8 Å². The molecule has 3 rings (SSSR count). The van der Waals surface area contributed by atoms with Gasteiger partial charge in [0.25, 0.3) is 0 Å². The van der Waals surface area contributed by atoms with Crippen molar-refractivity contribution in [2.45, 2.75) is 65.3 Å². The van der Waals surface area contributed by atoms with Gasteiger partial charge in [0.1, 0.15) is 5.82 Å². The van der Waals surface area contributed by atoms with Gasteiger partial charge >= 0.3 is 0 Å². The third-order valence-corrected chi connectivity index (χ3v) is 5.83. The predicted molar refractivity (Wildman–Crippen MR) is 99.5 cm³/mol. The molecule has 0 unspecified atom stereocenters. The van der Waals surface area contributed by atoms with Gasteiger partial charge in [-0.25, -0.2) is 9.97 Å². The summed E-state index contributed by atoms with van der Waals surface area (Å²) < 4.78 is 0. The van der Waals surface area contributed by atoms with Crippen molar-refractivity contribution in [1.29, 1.82) is 0 Å². The maximum atomic E-state index is 12.7. The largest absolute Gasteiger partial charge is 0.342 e. The summed E-state index contributed by atoms with van der Waals surface area (Å²) in [5, 5.41) is 0. The molecule has 142 valence electrons. The van der Waals surface area contributed by atoms with E-state index in [9.17, 15) is 9.59 Å². The van der Waals surface area contributed by atoms with Gasteiger partial charge in [-0.15, -0.1) is 0 Å². The van der Waals surface area contributed by atoms with Gasteiger partial charge in [-0.05, 0) is 25.7 Å². The zero-order valence-electron chi connectivity index (χ0n) is 16.2. The molecule has 2 amide bonds. The minimum Gasteiger partial charge on any atom is -0.342 e. The zero-order chi connectivity index (χ0) is 18.7. The van der Waals surface area contributed by atoms with Crippen LogP contribution in [0.5, 0.6) is 0 Å². The quantitative estimate of drug-likeness (QED) is 0.829. The second-order valence-corrected chi connectivity index (χ2v) is 7.53. The second-order valence-electron chi connectivity index (χ2n) is 7.53. The molecule has 1 fully saturated rings. The number of aromatic nitrogens is 2. The number of piperidine rings is 1. The average molecular weight is 358 g/mol. The SMILES string of the molecule is CCC(CC)C(=O)N1CCC[C@@H](c2ncc3c(n2)CCN(C(C)=O)C3)C1. The first-order chi connectivity index (χ1) is 12.5. The van der Waals surface area contributed by atoms with Crippen molar-refractivity contribution < 1.29 is 9.59 Å². The van der Waals surface area contributed by atoms with Crippen LogP contribution in [0.4, 0.5) is 0 Å². The van der Waals surface area contributed by atoms with E-state index in [0.29, 0.717) is 6.54 Å². The summed E-state index contributed by atoms with van der Waals surface area (Å²) in [6.07, 6.45) is 6.51. The van der Waals surface area contributed by atoms with Crippen molar-refractivity contribution in [1.82, 2.24) is 19.8 Å². The molecule has 3 heterocycles. The van der Waals surface area contributed by atoms with E-state index >= 15 is 0 Å². The van der Waals surface area contributed by atoms with Crippen molar-refractivity contribution in [2.24, 2.45) is 5.92 Å². The van der Waals surface area contributed by atoms with Gasteiger partial charge in [-0.1, -0.05) is 13.8 Å². The summed E-state index contributed by atoms with van der Waals surface area (Å²) in [6, 6.07) is 0. The highest BCUT2D eigenvalue weighted by molar-refractivity contribution is 5.79. The van der Waals surface area contributed by atoms with Crippen molar-refractivity contribution in [3.8, 4) is 0 Å². The molecular formula is C20H30N4O2. The monoisotopic (exact) mass is 358 g/mol. The van der Waals surface area contributed by atoms with Crippen LogP contribution in [0.25, 0.3) is 0 Å². The lowest BCUT2D eigenvalue weighted by atomic mass is 9.94. The Hall–Kier alpha value is -1.98. The lowest BCUT2D eigenvalue weighted by Gasteiger charge is -2.34. The number of nitrogens with zero attached hydrogens (tertiary/aromatic N) is 4. The van der Waals surface area contributed by atoms with Gasteiger partial charge in [0, 0.05) is 63.1 Å². The molecule has 2 aliphatic rings. The van der Waals surface area contributed by atoms with Crippen LogP contribution in [0.15, 0.2) is 6.20 Å². The van der Waals surface area contributed by atoms with E-state index in [0.717, 1.165) is 68.8 Å². The third kappa shape index (κ3) is 3.89. The van der Waals surface area contributed by atoms with E-state index in [1.807, 2.05) is 16.0 Å². The molecule has 6 nitrogen and oxygen atoms in total. The molecule has 0 bridgehead atoms. The highest BCUT2D eigenvalue weighted by Crippen LogP contribution is 2.28. The smallest absolute Gasteiger partial charge is 0.225 e. The normalized spacial score (nSPS) is 20.2. The zero-order valence-corrected chi connectivity index (χ0v) is 16.2. The summed E-state index contributed by atoms with van der Waals surface area (Å²) in [4.78, 5) is 37.6. The van der Waals surface area contributed by atoms with E-state index < -0.39 is 0 Å². The Morgan fingerprint density at radius 2 is 2.00 bits per heavy atom. The summed E-state index contributed by atoms with van der Waals surface area (Å²) in [5.41, 5.74) is 2.12. The molecule has 2 aliphatic heterocycles. The third-order valence-electron chi connectivity index (χ3n) is 5.83. The van der Waals surface area contributed by atoms with E-state index in [4.69, 9.17) is 4.98 Å². The molecular weight excluding hydrogens is 328 g/mol. The van der Waals surface area contributed by atoms with Gasteiger partial charge in [-0.3, -0.25) is 9.59 Å². The van der Waals surface area contributed by atoms with Crippen LogP contribution in [-0.2, 0) is 22.6 Å². The lowest BCUT2D eigenvalue weighted by molar-refractivity contribution is -0.137. The molecule has 0 aliphatic carbocycles. The van der Waals surface area contributed by atoms with Crippen LogP contribution >= 0.6 is 0 Å². The fourth-order valence-electron chi connectivity index (χ4n) is 4.08. The lowest BCUT2D eigenvalue weighted by Crippen LogP contribution is -2.42. The molecule has 6 heteroatoms. The van der Waals surface area contributed by atoms with Crippen LogP contribution < -0.4 is 0 Å². The number of hydrogen-bond donors (Lipinski definition) is 0. The number of likely N-dealkylation sites (tertiary alicyclic amines) is 1. The summed E-state index contributed by atoms with van der Waals surface area (Å²) in [5.74, 6) is 1.60. The molecule has 1 atom stereocenters. The fraction of sp³-hybridized carbons (Fsp3) is 0.700. The molecule has 0 radical (unpaired) electrons. The molecule has 0 spiro atoms. The molecule has 0 N–H and O–H groups in total. The van der Waals surface area contributed by atoms with Crippen molar-refractivity contribution in [3.05, 3.63) is 23.3 Å². The van der Waals surface area contributed by atoms with E-state index in [1.54, 1.807) is 6.92 Å². The Labute approximate surface area is 156 Å². The van der Waals surface area contributed by atoms with Crippen molar-refractivity contribution >= 4 is 11.8 Å². The number of amides is 2. The maximum Gasteiger partial charge on any atom is 0.225 e. The van der Waals surface area contributed by atoms with E-state index in [-0.39, 0.29) is 23.7 Å². The molecule has 0 saturated carbocycles. The highest BCUT2D eigenvalue weighted by Gasteiger charge is 2.30. The molecule has 1 aromatic rings. The Morgan fingerprint density at radius 3 is 2.69 bits per heavy atom. The maximum absolute atomic E-state index is 12.7. The summed E-state index contributed by atoms with van der Waals surface area (Å²) in [7, 11) is 0. The first-order valence-electron chi connectivity index (χ1n) is 9.92. The molecule has 0 aromatic carbocycles. The molecule has 1 saturated heterocycles. The van der Waals surface area contributed by atoms with Crippen LogP contribution in [-0.4, -0.2) is 51.2 Å². The van der Waals surface area contributed by atoms with Crippen molar-refractivity contribution in [2.75, 3.05) is 19.6 Å². The Balaban J connectivity index is 1.71. The number of hydrogen-bond acceptors (Lipinski definition) is 4. The van der Waals surface area contributed by atoms with Crippen molar-refractivity contribution in [3.63, 3.8) is 0 Å². The first-order valence-corrected chi connectivity index (χ1v) is 9.92. The summed E-state index contributed by atoms with van der Waals surface area (Å²) in [6.45, 7) is 8.69. The van der Waals surface area contributed by atoms with Gasteiger partial charge < -0.3 is 9.80 Å². The molecule has 26 heavy (non-hydrogen) atoms. The molecule has 1 aromatic heterocycles. The fourth-order valence-corrected chi connectivity index (χ4v) is 4.08. The van der Waals surface area contributed by atoms with Gasteiger partial charge in [0.05, 0.1) is 5.69 Å². The average Bonchev–Trinajstić information content (AvgIpc) is 2.68. The van der Waals surface area contributed by atoms with Gasteiger partial charge in [0.2, 0.25) is 11.8 Å². The topological polar surface area (TPSA) is 66.4 Å². The Bertz CT molecular complexity index is 672. The van der Waals surface area contributed by atoms with Crippen LogP contribution in [0.1, 0.15) is 69.5 Å². The highest BCUT2D eigenvalue weighted by atomic mass is 16.2. The Morgan fingerprint density at radius 1 is 1.23 bits per heavy atom. The van der Waals surface area contributed by atoms with Crippen LogP contribution in [0.2, 0.25) is 0 Å². The number of carbonyl (C=O) groups excluding carboxylic acids is 2. The van der Waals surface area contributed by atoms with Gasteiger partial charge in [-0.2, -0.15) is 0 Å². The number of fused-ring (bicyclic) bond motifs is 1. The minimum atomic E-state index is 0.0996.